The number of nitrogens with zero attached hydrogens (tertiary/aromatic N) is 4. The second-order valence-electron chi connectivity index (χ2n) is 6.90. The Bertz CT molecular complexity index is 673. The molecule has 142 valence electrons. The first-order valence-corrected chi connectivity index (χ1v) is 10.7. The molecule has 1 fully saturated rings. The van der Waals surface area contributed by atoms with Crippen molar-refractivity contribution in [2.75, 3.05) is 37.3 Å². The van der Waals surface area contributed by atoms with Gasteiger partial charge in [-0.2, -0.15) is 5.10 Å². The van der Waals surface area contributed by atoms with Crippen molar-refractivity contribution in [3.8, 4) is 11.4 Å². The van der Waals surface area contributed by atoms with E-state index in [9.17, 15) is 0 Å². The van der Waals surface area contributed by atoms with E-state index >= 15 is 0 Å². The summed E-state index contributed by atoms with van der Waals surface area (Å²) in [6, 6.07) is 8.89. The van der Waals surface area contributed by atoms with Crippen LogP contribution < -0.4 is 9.04 Å². The molecular weight excluding hydrogens is 344 g/mol. The van der Waals surface area contributed by atoms with E-state index in [0.717, 1.165) is 42.7 Å². The average molecular weight is 375 g/mol. The second-order valence-corrected chi connectivity index (χ2v) is 7.81. The fraction of sp³-hybridized carbons (Fsp3) is 0.550. The molecule has 0 bridgehead atoms. The molecular formula is C20H30N4OS. The molecule has 1 atom stereocenters. The smallest absolute Gasteiger partial charge is 0.119 e. The van der Waals surface area contributed by atoms with E-state index < -0.39 is 0 Å². The third-order valence-corrected chi connectivity index (χ3v) is 5.87. The summed E-state index contributed by atoms with van der Waals surface area (Å²) in [5.41, 5.74) is 2.13. The Balaban J connectivity index is 1.46. The number of likely N-dealkylation sites (tertiary alicyclic amines) is 1. The van der Waals surface area contributed by atoms with Crippen molar-refractivity contribution in [2.24, 2.45) is 0 Å². The Morgan fingerprint density at radius 2 is 2.08 bits per heavy atom. The van der Waals surface area contributed by atoms with Crippen LogP contribution in [0, 0.1) is 0 Å². The zero-order chi connectivity index (χ0) is 18.4. The van der Waals surface area contributed by atoms with Gasteiger partial charge in [0.2, 0.25) is 0 Å². The van der Waals surface area contributed by atoms with Gasteiger partial charge in [-0.25, -0.2) is 4.68 Å². The minimum Gasteiger partial charge on any atom is -0.494 e. The summed E-state index contributed by atoms with van der Waals surface area (Å²) < 4.78 is 9.90. The van der Waals surface area contributed by atoms with Crippen LogP contribution in [0.3, 0.4) is 0 Å². The normalized spacial score (nSPS) is 18.0. The van der Waals surface area contributed by atoms with Crippen LogP contribution in [0.25, 0.3) is 5.69 Å². The average Bonchev–Trinajstić information content (AvgIpc) is 3.16. The van der Waals surface area contributed by atoms with E-state index in [2.05, 4.69) is 39.6 Å². The van der Waals surface area contributed by atoms with E-state index in [1.54, 1.807) is 11.9 Å². The molecule has 0 N–H and O–H groups in total. The van der Waals surface area contributed by atoms with Gasteiger partial charge in [0.05, 0.1) is 30.4 Å². The van der Waals surface area contributed by atoms with Gasteiger partial charge in [-0.3, -0.25) is 0 Å². The molecule has 1 aliphatic heterocycles. The lowest BCUT2D eigenvalue weighted by Crippen LogP contribution is -2.38. The first-order valence-electron chi connectivity index (χ1n) is 9.47. The Kier molecular flexibility index (Phi) is 6.86. The van der Waals surface area contributed by atoms with E-state index in [4.69, 9.17) is 4.74 Å². The highest BCUT2D eigenvalue weighted by Gasteiger charge is 2.17. The summed E-state index contributed by atoms with van der Waals surface area (Å²) >= 11 is 1.67. The van der Waals surface area contributed by atoms with E-state index in [0.29, 0.717) is 0 Å². The summed E-state index contributed by atoms with van der Waals surface area (Å²) in [5, 5.41) is 4.43. The molecule has 0 spiro atoms. The molecule has 1 aliphatic rings. The van der Waals surface area contributed by atoms with Gasteiger partial charge in [0.1, 0.15) is 5.75 Å². The molecule has 0 amide bonds. The van der Waals surface area contributed by atoms with E-state index in [1.165, 1.54) is 25.8 Å². The third-order valence-electron chi connectivity index (χ3n) is 5.11. The van der Waals surface area contributed by atoms with Crippen LogP contribution in [-0.2, 0) is 0 Å². The maximum absolute atomic E-state index is 5.92. The lowest BCUT2D eigenvalue weighted by Gasteiger charge is -2.33. The molecule has 1 unspecified atom stereocenters. The molecule has 26 heavy (non-hydrogen) atoms. The molecule has 1 saturated heterocycles. The minimum absolute atomic E-state index is 0.729. The molecule has 3 rings (SSSR count). The van der Waals surface area contributed by atoms with Gasteiger partial charge in [-0.15, -0.1) is 0 Å². The zero-order valence-electron chi connectivity index (χ0n) is 16.1. The maximum Gasteiger partial charge on any atom is 0.119 e. The van der Waals surface area contributed by atoms with E-state index in [1.807, 2.05) is 36.3 Å². The van der Waals surface area contributed by atoms with Crippen molar-refractivity contribution in [1.29, 1.82) is 0 Å². The van der Waals surface area contributed by atoms with Crippen LogP contribution in [0.4, 0.5) is 5.69 Å². The minimum atomic E-state index is 0.729. The van der Waals surface area contributed by atoms with Gasteiger partial charge in [0.25, 0.3) is 0 Å². The summed E-state index contributed by atoms with van der Waals surface area (Å²) in [6.07, 6.45) is 11.1. The van der Waals surface area contributed by atoms with Crippen molar-refractivity contribution in [2.45, 2.75) is 38.6 Å². The highest BCUT2D eigenvalue weighted by molar-refractivity contribution is 7.99. The Morgan fingerprint density at radius 3 is 2.81 bits per heavy atom. The number of rotatable bonds is 8. The molecule has 2 aromatic rings. The lowest BCUT2D eigenvalue weighted by atomic mass is 10.0. The summed E-state index contributed by atoms with van der Waals surface area (Å²) in [4.78, 5) is 2.59. The molecule has 1 aromatic heterocycles. The topological polar surface area (TPSA) is 33.5 Å². The Hall–Kier alpha value is -1.66. The van der Waals surface area contributed by atoms with Crippen molar-refractivity contribution >= 4 is 17.6 Å². The maximum atomic E-state index is 5.92. The van der Waals surface area contributed by atoms with Crippen molar-refractivity contribution in [1.82, 2.24) is 14.7 Å². The monoisotopic (exact) mass is 374 g/mol. The van der Waals surface area contributed by atoms with Gasteiger partial charge in [0, 0.05) is 25.9 Å². The molecule has 0 saturated carbocycles. The first-order chi connectivity index (χ1) is 12.7. The largest absolute Gasteiger partial charge is 0.494 e. The number of aromatic nitrogens is 2. The van der Waals surface area contributed by atoms with Crippen LogP contribution in [0.1, 0.15) is 32.6 Å². The summed E-state index contributed by atoms with van der Waals surface area (Å²) in [7, 11) is 2.04. The van der Waals surface area contributed by atoms with Gasteiger partial charge in [-0.1, -0.05) is 18.4 Å². The molecule has 5 nitrogen and oxygen atoms in total. The van der Waals surface area contributed by atoms with Crippen LogP contribution in [-0.4, -0.2) is 53.7 Å². The molecule has 1 aromatic carbocycles. The van der Waals surface area contributed by atoms with Crippen LogP contribution in [0.5, 0.6) is 5.75 Å². The van der Waals surface area contributed by atoms with Gasteiger partial charge < -0.3 is 13.9 Å². The predicted molar refractivity (Wildman–Crippen MR) is 110 cm³/mol. The first kappa shape index (κ1) is 19.1. The fourth-order valence-electron chi connectivity index (χ4n) is 3.37. The number of hydrogen-bond donors (Lipinski definition) is 0. The van der Waals surface area contributed by atoms with Gasteiger partial charge in [-0.05, 0) is 57.0 Å². The second kappa shape index (κ2) is 9.33. The highest BCUT2D eigenvalue weighted by atomic mass is 32.2. The van der Waals surface area contributed by atoms with Crippen molar-refractivity contribution in [3.05, 3.63) is 36.7 Å². The van der Waals surface area contributed by atoms with E-state index in [-0.39, 0.29) is 0 Å². The molecule has 0 aliphatic carbocycles. The number of piperidine rings is 1. The van der Waals surface area contributed by atoms with Gasteiger partial charge >= 0.3 is 0 Å². The van der Waals surface area contributed by atoms with Crippen LogP contribution >= 0.6 is 11.9 Å². The quantitative estimate of drug-likeness (QED) is 0.510. The summed E-state index contributed by atoms with van der Waals surface area (Å²) in [6.45, 7) is 5.50. The standard InChI is InChI=1S/C20H30N4OS/c1-17-7-4-5-12-23(17)13-6-14-25-20-10-8-18(9-11-20)24-16-19(15-21-24)22(2)26-3/h8-11,15-17H,4-7,12-14H2,1-3H3. The molecule has 0 radical (unpaired) electrons. The molecule has 2 heterocycles. The lowest BCUT2D eigenvalue weighted by molar-refractivity contribution is 0.148. The zero-order valence-corrected chi connectivity index (χ0v) is 16.9. The number of anilines is 1. The molecule has 6 heteroatoms. The SMILES string of the molecule is CSN(C)c1cnn(-c2ccc(OCCCN3CCCCC3C)cc2)c1. The highest BCUT2D eigenvalue weighted by Crippen LogP contribution is 2.21. The number of benzene rings is 1. The third kappa shape index (κ3) is 4.95. The number of hydrogen-bond acceptors (Lipinski definition) is 5. The van der Waals surface area contributed by atoms with Crippen molar-refractivity contribution < 1.29 is 4.74 Å². The van der Waals surface area contributed by atoms with Crippen molar-refractivity contribution in [3.63, 3.8) is 0 Å². The van der Waals surface area contributed by atoms with Crippen LogP contribution in [0.15, 0.2) is 36.7 Å². The predicted octanol–water partition coefficient (Wildman–Crippen LogP) is 4.23. The van der Waals surface area contributed by atoms with Gasteiger partial charge in [0.15, 0.2) is 0 Å². The van der Waals surface area contributed by atoms with Crippen LogP contribution in [0.2, 0.25) is 0 Å². The fourth-order valence-corrected chi connectivity index (χ4v) is 3.67. The number of ether oxygens (including phenoxy) is 1. The Morgan fingerprint density at radius 1 is 1.27 bits per heavy atom. The Labute approximate surface area is 161 Å². The summed E-state index contributed by atoms with van der Waals surface area (Å²) in [5.74, 6) is 0.925.